The largest absolute Gasteiger partial charge is 0.382 e. The maximum atomic E-state index is 6.94. The molecule has 9 heteroatoms. The Balaban J connectivity index is 1.67. The minimum absolute atomic E-state index is 0.00632. The van der Waals surface area contributed by atoms with E-state index >= 15 is 0 Å². The van der Waals surface area contributed by atoms with E-state index in [0.29, 0.717) is 63.3 Å². The maximum absolute atomic E-state index is 6.94. The summed E-state index contributed by atoms with van der Waals surface area (Å²) in [5.74, 6) is 2.11. The van der Waals surface area contributed by atoms with Crippen LogP contribution in [-0.4, -0.2) is 96.1 Å². The van der Waals surface area contributed by atoms with E-state index in [4.69, 9.17) is 42.6 Å². The molecule has 0 aromatic heterocycles. The molecule has 3 rings (SSSR count). The minimum Gasteiger partial charge on any atom is -0.382 e. The van der Waals surface area contributed by atoms with Crippen molar-refractivity contribution in [1.82, 2.24) is 0 Å². The molecule has 9 nitrogen and oxygen atoms in total. The van der Waals surface area contributed by atoms with Crippen LogP contribution in [0.2, 0.25) is 0 Å². The molecule has 0 saturated carbocycles. The average molecular weight is 631 g/mol. The van der Waals surface area contributed by atoms with Crippen LogP contribution in [0.3, 0.4) is 0 Å². The van der Waals surface area contributed by atoms with Gasteiger partial charge < -0.3 is 42.6 Å². The van der Waals surface area contributed by atoms with Crippen molar-refractivity contribution >= 4 is 0 Å². The highest BCUT2D eigenvalue weighted by Crippen LogP contribution is 2.43. The van der Waals surface area contributed by atoms with Gasteiger partial charge in [-0.15, -0.1) is 0 Å². The lowest BCUT2D eigenvalue weighted by atomic mass is 9.78. The minimum atomic E-state index is -0.503. The van der Waals surface area contributed by atoms with Crippen molar-refractivity contribution in [2.75, 3.05) is 46.8 Å². The van der Waals surface area contributed by atoms with Gasteiger partial charge in [-0.1, -0.05) is 69.2 Å². The molecule has 0 aromatic carbocycles. The third-order valence-electron chi connectivity index (χ3n) is 11.0. The number of hydrogen-bond donors (Lipinski definition) is 0. The third kappa shape index (κ3) is 9.60. The highest BCUT2D eigenvalue weighted by Gasteiger charge is 2.50. The van der Waals surface area contributed by atoms with E-state index in [-0.39, 0.29) is 54.6 Å². The molecule has 260 valence electrons. The van der Waals surface area contributed by atoms with Gasteiger partial charge in [-0.05, 0) is 42.9 Å². The zero-order valence-electron chi connectivity index (χ0n) is 29.7. The van der Waals surface area contributed by atoms with Gasteiger partial charge in [0.1, 0.15) is 6.10 Å². The molecule has 6 unspecified atom stereocenters. The van der Waals surface area contributed by atoms with Gasteiger partial charge in [0.25, 0.3) is 0 Å². The predicted molar refractivity (Wildman–Crippen MR) is 170 cm³/mol. The summed E-state index contributed by atoms with van der Waals surface area (Å²) in [6.45, 7) is 25.5. The van der Waals surface area contributed by atoms with Crippen molar-refractivity contribution < 1.29 is 42.6 Å². The van der Waals surface area contributed by atoms with Crippen LogP contribution in [0.4, 0.5) is 0 Å². The molecule has 3 aliphatic rings. The quantitative estimate of drug-likeness (QED) is 0.172. The Bertz CT molecular complexity index is 783. The highest BCUT2D eigenvalue weighted by molar-refractivity contribution is 4.91. The average Bonchev–Trinajstić information content (AvgIpc) is 3.02. The Morgan fingerprint density at radius 1 is 0.432 bits per heavy atom. The van der Waals surface area contributed by atoms with Gasteiger partial charge in [-0.3, -0.25) is 0 Å². The molecular weight excluding hydrogens is 564 g/mol. The van der Waals surface area contributed by atoms with Crippen LogP contribution in [-0.2, 0) is 42.6 Å². The molecule has 3 aliphatic heterocycles. The zero-order valence-corrected chi connectivity index (χ0v) is 29.7. The lowest BCUT2D eigenvalue weighted by molar-refractivity contribution is -0.357. The van der Waals surface area contributed by atoms with Gasteiger partial charge in [0, 0.05) is 24.9 Å². The lowest BCUT2D eigenvalue weighted by Crippen LogP contribution is -2.58. The number of ether oxygens (including phenoxy) is 9. The topological polar surface area (TPSA) is 83.1 Å². The van der Waals surface area contributed by atoms with Gasteiger partial charge in [0.2, 0.25) is 0 Å². The normalized spacial score (nSPS) is 43.3. The second kappa shape index (κ2) is 18.8. The first-order chi connectivity index (χ1) is 21.1. The van der Waals surface area contributed by atoms with E-state index in [1.165, 1.54) is 0 Å². The van der Waals surface area contributed by atoms with E-state index in [2.05, 4.69) is 69.2 Å². The molecule has 3 fully saturated rings. The first-order valence-corrected chi connectivity index (χ1v) is 17.6. The summed E-state index contributed by atoms with van der Waals surface area (Å²) in [5, 5.41) is 0. The van der Waals surface area contributed by atoms with E-state index < -0.39 is 12.6 Å². The van der Waals surface area contributed by atoms with Crippen molar-refractivity contribution in [3.63, 3.8) is 0 Å². The Morgan fingerprint density at radius 3 is 1.45 bits per heavy atom. The van der Waals surface area contributed by atoms with E-state index in [1.54, 1.807) is 7.11 Å². The molecule has 0 radical (unpaired) electrons. The number of methoxy groups -OCH3 is 1. The molecule has 0 N–H and O–H groups in total. The highest BCUT2D eigenvalue weighted by atomic mass is 16.7. The summed E-state index contributed by atoms with van der Waals surface area (Å²) in [7, 11) is 1.66. The first-order valence-electron chi connectivity index (χ1n) is 17.6. The fraction of sp³-hybridized carbons (Fsp3) is 1.00. The molecular formula is C35H66O9. The lowest BCUT2D eigenvalue weighted by Gasteiger charge is -2.51. The zero-order chi connectivity index (χ0) is 32.4. The van der Waals surface area contributed by atoms with Crippen molar-refractivity contribution in [1.29, 1.82) is 0 Å². The van der Waals surface area contributed by atoms with Crippen LogP contribution < -0.4 is 0 Å². The summed E-state index contributed by atoms with van der Waals surface area (Å²) in [6.07, 6.45) is 1.64. The van der Waals surface area contributed by atoms with Crippen LogP contribution in [0.25, 0.3) is 0 Å². The second-order valence-electron chi connectivity index (χ2n) is 13.7. The van der Waals surface area contributed by atoms with Crippen LogP contribution in [0.1, 0.15) is 88.5 Å². The van der Waals surface area contributed by atoms with Crippen LogP contribution in [0, 0.1) is 41.4 Å². The Hall–Kier alpha value is -0.360. The van der Waals surface area contributed by atoms with Crippen molar-refractivity contribution in [2.24, 2.45) is 41.4 Å². The van der Waals surface area contributed by atoms with E-state index in [0.717, 1.165) is 19.3 Å². The third-order valence-corrected chi connectivity index (χ3v) is 11.0. The smallest absolute Gasteiger partial charge is 0.184 e. The van der Waals surface area contributed by atoms with Crippen molar-refractivity contribution in [2.45, 2.75) is 138 Å². The van der Waals surface area contributed by atoms with Crippen LogP contribution in [0.15, 0.2) is 0 Å². The molecule has 0 amide bonds. The first kappa shape index (κ1) is 38.1. The molecule has 44 heavy (non-hydrogen) atoms. The summed E-state index contributed by atoms with van der Waals surface area (Å²) < 4.78 is 56.1. The Labute approximate surface area is 268 Å². The molecule has 0 aliphatic carbocycles. The molecule has 0 bridgehead atoms. The van der Waals surface area contributed by atoms with Gasteiger partial charge in [0.15, 0.2) is 18.9 Å². The molecule has 3 saturated heterocycles. The fourth-order valence-electron chi connectivity index (χ4n) is 7.29. The number of hydrogen-bond acceptors (Lipinski definition) is 9. The van der Waals surface area contributed by atoms with Gasteiger partial charge in [-0.25, -0.2) is 0 Å². The second-order valence-corrected chi connectivity index (χ2v) is 13.7. The van der Waals surface area contributed by atoms with Gasteiger partial charge in [-0.2, -0.15) is 0 Å². The van der Waals surface area contributed by atoms with Crippen LogP contribution >= 0.6 is 0 Å². The molecule has 0 aromatic rings. The monoisotopic (exact) mass is 630 g/mol. The van der Waals surface area contributed by atoms with Crippen molar-refractivity contribution in [3.05, 3.63) is 0 Å². The molecule has 15 atom stereocenters. The summed E-state index contributed by atoms with van der Waals surface area (Å²) in [5.41, 5.74) is 0. The van der Waals surface area contributed by atoms with E-state index in [9.17, 15) is 0 Å². The standard InChI is InChI=1S/C35H66O9/c1-12-28-22(5)21(4)25(8)33(40-28)43-31-26(9)30(14-3)41-34(27(31)10)44-32-24(7)23(6)29(13-2)42-35(32)39-20-19-38-18-17-37-16-15-36-11/h21-35H,12-20H2,1-11H3/t21-,22-,23-,24-,25?,26+,27?,28?,29?,30?,31-,32?,33+,34+,35-/m0/s1. The predicted octanol–water partition coefficient (Wildman–Crippen LogP) is 6.31. The summed E-state index contributed by atoms with van der Waals surface area (Å²) in [6, 6.07) is 0. The Kier molecular flexibility index (Phi) is 16.3. The van der Waals surface area contributed by atoms with E-state index in [1.807, 2.05) is 0 Å². The van der Waals surface area contributed by atoms with Crippen LogP contribution in [0.5, 0.6) is 0 Å². The summed E-state index contributed by atoms with van der Waals surface area (Å²) >= 11 is 0. The maximum Gasteiger partial charge on any atom is 0.184 e. The molecule has 3 heterocycles. The molecule has 0 spiro atoms. The fourth-order valence-corrected chi connectivity index (χ4v) is 7.29. The van der Waals surface area contributed by atoms with Gasteiger partial charge >= 0.3 is 0 Å². The van der Waals surface area contributed by atoms with Gasteiger partial charge in [0.05, 0.1) is 64.1 Å². The van der Waals surface area contributed by atoms with Crippen molar-refractivity contribution in [3.8, 4) is 0 Å². The SMILES string of the molecule is CCC1O[C@H](O[C@@H]2C(C)[C@@H](OC3[C@@H](OCCOCCOCCOC)OC(CC)[C@@H](C)[C@@H]3C)OC(CC)[C@H]2C)C(C)[C@@H](C)[C@@H]1C. The Morgan fingerprint density at radius 2 is 0.886 bits per heavy atom. The number of rotatable bonds is 17. The summed E-state index contributed by atoms with van der Waals surface area (Å²) in [4.78, 5) is 0.